The summed E-state index contributed by atoms with van der Waals surface area (Å²) in [5.41, 5.74) is 1.78. The average Bonchev–Trinajstić information content (AvgIpc) is 2.39. The smallest absolute Gasteiger partial charge is 0.170 e. The summed E-state index contributed by atoms with van der Waals surface area (Å²) in [5, 5.41) is 0. The van der Waals surface area contributed by atoms with Gasteiger partial charge in [-0.25, -0.2) is 4.39 Å². The van der Waals surface area contributed by atoms with Crippen molar-refractivity contribution in [2.24, 2.45) is 0 Å². The molecule has 0 amide bonds. The molecule has 0 aliphatic heterocycles. The second kappa shape index (κ2) is 5.65. The number of methoxy groups -OCH3 is 1. The molecule has 0 spiro atoms. The first-order chi connectivity index (χ1) is 9.10. The Kier molecular flexibility index (Phi) is 3.95. The molecule has 19 heavy (non-hydrogen) atoms. The number of ether oxygens (including phenoxy) is 1. The number of rotatable bonds is 4. The van der Waals surface area contributed by atoms with E-state index in [9.17, 15) is 9.18 Å². The Labute approximate surface area is 111 Å². The van der Waals surface area contributed by atoms with E-state index < -0.39 is 5.82 Å². The van der Waals surface area contributed by atoms with Gasteiger partial charge in [0.15, 0.2) is 5.78 Å². The standard InChI is InChI=1S/C16H15FO2/c1-11-3-8-14(15(17)9-11)16(18)10-12-4-6-13(19-2)7-5-12/h3-9H,10H2,1-2H3. The highest BCUT2D eigenvalue weighted by Crippen LogP contribution is 2.16. The Balaban J connectivity index is 2.15. The van der Waals surface area contributed by atoms with E-state index in [4.69, 9.17) is 4.74 Å². The van der Waals surface area contributed by atoms with Gasteiger partial charge in [-0.1, -0.05) is 18.2 Å². The Bertz CT molecular complexity index is 588. The molecule has 2 nitrogen and oxygen atoms in total. The van der Waals surface area contributed by atoms with Crippen LogP contribution in [0.5, 0.6) is 5.75 Å². The lowest BCUT2D eigenvalue weighted by atomic mass is 10.0. The number of ketones is 1. The van der Waals surface area contributed by atoms with Crippen LogP contribution >= 0.6 is 0 Å². The van der Waals surface area contributed by atoms with Gasteiger partial charge in [-0.2, -0.15) is 0 Å². The molecule has 0 unspecified atom stereocenters. The maximum absolute atomic E-state index is 13.7. The van der Waals surface area contributed by atoms with E-state index >= 15 is 0 Å². The van der Waals surface area contributed by atoms with Crippen LogP contribution in [0.25, 0.3) is 0 Å². The number of carbonyl (C=O) groups excluding carboxylic acids is 1. The number of benzene rings is 2. The maximum Gasteiger partial charge on any atom is 0.170 e. The Morgan fingerprint density at radius 2 is 1.84 bits per heavy atom. The topological polar surface area (TPSA) is 26.3 Å². The zero-order chi connectivity index (χ0) is 13.8. The van der Waals surface area contributed by atoms with Crippen molar-refractivity contribution < 1.29 is 13.9 Å². The normalized spacial score (nSPS) is 10.3. The zero-order valence-electron chi connectivity index (χ0n) is 10.9. The van der Waals surface area contributed by atoms with Gasteiger partial charge in [0.25, 0.3) is 0 Å². The van der Waals surface area contributed by atoms with Crippen LogP contribution in [0.1, 0.15) is 21.5 Å². The number of hydrogen-bond acceptors (Lipinski definition) is 2. The van der Waals surface area contributed by atoms with Crippen LogP contribution in [0.2, 0.25) is 0 Å². The molecule has 3 heteroatoms. The van der Waals surface area contributed by atoms with Crippen molar-refractivity contribution in [3.8, 4) is 5.75 Å². The summed E-state index contributed by atoms with van der Waals surface area (Å²) in [6.45, 7) is 1.79. The molecule has 0 heterocycles. The van der Waals surface area contributed by atoms with E-state index in [1.807, 2.05) is 12.1 Å². The predicted molar refractivity (Wildman–Crippen MR) is 72.2 cm³/mol. The molecule has 0 aliphatic rings. The van der Waals surface area contributed by atoms with Crippen LogP contribution in [0.15, 0.2) is 42.5 Å². The number of carbonyl (C=O) groups is 1. The highest BCUT2D eigenvalue weighted by molar-refractivity contribution is 5.97. The lowest BCUT2D eigenvalue weighted by molar-refractivity contribution is 0.0989. The van der Waals surface area contributed by atoms with Gasteiger partial charge in [0.1, 0.15) is 11.6 Å². The molecule has 0 N–H and O–H groups in total. The first-order valence-electron chi connectivity index (χ1n) is 6.02. The summed E-state index contributed by atoms with van der Waals surface area (Å²) < 4.78 is 18.7. The van der Waals surface area contributed by atoms with Crippen LogP contribution in [0.4, 0.5) is 4.39 Å². The third-order valence-corrected chi connectivity index (χ3v) is 2.95. The van der Waals surface area contributed by atoms with Crippen molar-refractivity contribution >= 4 is 5.78 Å². The first-order valence-corrected chi connectivity index (χ1v) is 6.02. The van der Waals surface area contributed by atoms with Gasteiger partial charge < -0.3 is 4.74 Å². The molecule has 0 fully saturated rings. The number of hydrogen-bond donors (Lipinski definition) is 0. The van der Waals surface area contributed by atoms with Gasteiger partial charge in [0.05, 0.1) is 12.7 Å². The Hall–Kier alpha value is -2.16. The monoisotopic (exact) mass is 258 g/mol. The molecule has 0 saturated heterocycles. The first kappa shape index (κ1) is 13.3. The average molecular weight is 258 g/mol. The summed E-state index contributed by atoms with van der Waals surface area (Å²) in [7, 11) is 1.59. The molecule has 0 aliphatic carbocycles. The summed E-state index contributed by atoms with van der Waals surface area (Å²) in [6.07, 6.45) is 0.184. The third-order valence-electron chi connectivity index (χ3n) is 2.95. The van der Waals surface area contributed by atoms with E-state index in [0.29, 0.717) is 0 Å². The molecule has 0 aromatic heterocycles. The highest BCUT2D eigenvalue weighted by Gasteiger charge is 2.12. The third kappa shape index (κ3) is 3.19. The largest absolute Gasteiger partial charge is 0.497 e. The molecular weight excluding hydrogens is 243 g/mol. The molecule has 2 aromatic rings. The van der Waals surface area contributed by atoms with Crippen molar-refractivity contribution in [1.29, 1.82) is 0 Å². The van der Waals surface area contributed by atoms with E-state index in [1.165, 1.54) is 12.1 Å². The van der Waals surface area contributed by atoms with Crippen molar-refractivity contribution in [3.05, 3.63) is 65.0 Å². The van der Waals surface area contributed by atoms with Crippen molar-refractivity contribution in [1.82, 2.24) is 0 Å². The Morgan fingerprint density at radius 3 is 2.42 bits per heavy atom. The molecular formula is C16H15FO2. The minimum absolute atomic E-state index is 0.140. The molecule has 0 atom stereocenters. The van der Waals surface area contributed by atoms with E-state index in [-0.39, 0.29) is 17.8 Å². The van der Waals surface area contributed by atoms with Crippen molar-refractivity contribution in [2.75, 3.05) is 7.11 Å². The van der Waals surface area contributed by atoms with E-state index in [0.717, 1.165) is 16.9 Å². The van der Waals surface area contributed by atoms with Crippen LogP contribution in [-0.4, -0.2) is 12.9 Å². The van der Waals surface area contributed by atoms with Gasteiger partial charge in [-0.3, -0.25) is 4.79 Å². The maximum atomic E-state index is 13.7. The van der Waals surface area contributed by atoms with Crippen LogP contribution in [-0.2, 0) is 6.42 Å². The lowest BCUT2D eigenvalue weighted by Gasteiger charge is -2.05. The van der Waals surface area contributed by atoms with Gasteiger partial charge in [0.2, 0.25) is 0 Å². The number of aryl methyl sites for hydroxylation is 1. The van der Waals surface area contributed by atoms with E-state index in [2.05, 4.69) is 0 Å². The second-order valence-corrected chi connectivity index (χ2v) is 4.43. The molecule has 0 bridgehead atoms. The van der Waals surface area contributed by atoms with Gasteiger partial charge in [0, 0.05) is 6.42 Å². The quantitative estimate of drug-likeness (QED) is 0.784. The highest BCUT2D eigenvalue weighted by atomic mass is 19.1. The van der Waals surface area contributed by atoms with Gasteiger partial charge in [-0.15, -0.1) is 0 Å². The molecule has 0 saturated carbocycles. The fourth-order valence-corrected chi connectivity index (χ4v) is 1.87. The zero-order valence-corrected chi connectivity index (χ0v) is 10.9. The molecule has 2 rings (SSSR count). The minimum Gasteiger partial charge on any atom is -0.497 e. The number of halogens is 1. The summed E-state index contributed by atoms with van der Waals surface area (Å²) in [5.74, 6) is 0.0545. The minimum atomic E-state index is -0.460. The SMILES string of the molecule is COc1ccc(CC(=O)c2ccc(C)cc2F)cc1. The second-order valence-electron chi connectivity index (χ2n) is 4.43. The van der Waals surface area contributed by atoms with Crippen molar-refractivity contribution in [3.63, 3.8) is 0 Å². The Morgan fingerprint density at radius 1 is 1.16 bits per heavy atom. The van der Waals surface area contributed by atoms with Crippen LogP contribution in [0, 0.1) is 12.7 Å². The molecule has 98 valence electrons. The summed E-state index contributed by atoms with van der Waals surface area (Å²) >= 11 is 0. The van der Waals surface area contributed by atoms with Crippen LogP contribution in [0.3, 0.4) is 0 Å². The van der Waals surface area contributed by atoms with Gasteiger partial charge >= 0.3 is 0 Å². The number of Topliss-reactive ketones (excluding diaryl/α,β-unsaturated/α-hetero) is 1. The molecule has 0 radical (unpaired) electrons. The lowest BCUT2D eigenvalue weighted by Crippen LogP contribution is -2.06. The fraction of sp³-hybridized carbons (Fsp3) is 0.188. The van der Waals surface area contributed by atoms with E-state index in [1.54, 1.807) is 32.2 Å². The van der Waals surface area contributed by atoms with Crippen molar-refractivity contribution in [2.45, 2.75) is 13.3 Å². The predicted octanol–water partition coefficient (Wildman–Crippen LogP) is 3.57. The summed E-state index contributed by atoms with van der Waals surface area (Å²) in [4.78, 5) is 12.0. The fourth-order valence-electron chi connectivity index (χ4n) is 1.87. The van der Waals surface area contributed by atoms with Gasteiger partial charge in [-0.05, 0) is 42.3 Å². The van der Waals surface area contributed by atoms with Crippen LogP contribution < -0.4 is 4.74 Å². The molecule has 2 aromatic carbocycles. The summed E-state index contributed by atoms with van der Waals surface area (Å²) in [6, 6.07) is 11.8.